The summed E-state index contributed by atoms with van der Waals surface area (Å²) in [5, 5.41) is 9.28. The lowest BCUT2D eigenvalue weighted by Crippen LogP contribution is -2.33. The van der Waals surface area contributed by atoms with Gasteiger partial charge in [0.2, 0.25) is 10.0 Å². The van der Waals surface area contributed by atoms with Crippen LogP contribution < -0.4 is 4.72 Å². The van der Waals surface area contributed by atoms with Crippen LogP contribution in [0.2, 0.25) is 10.0 Å². The summed E-state index contributed by atoms with van der Waals surface area (Å²) in [6, 6.07) is 3.43. The average Bonchev–Trinajstić information content (AvgIpc) is 2.75. The summed E-state index contributed by atoms with van der Waals surface area (Å²) in [6.45, 7) is 0. The zero-order valence-electron chi connectivity index (χ0n) is 10.1. The monoisotopic (exact) mass is 335 g/mol. The summed E-state index contributed by atoms with van der Waals surface area (Å²) in [5.74, 6) is -1.65. The Labute approximate surface area is 126 Å². The van der Waals surface area contributed by atoms with E-state index in [1.165, 1.54) is 30.4 Å². The number of carboxylic acids is 1. The molecule has 20 heavy (non-hydrogen) atoms. The lowest BCUT2D eigenvalue weighted by molar-refractivity contribution is -0.140. The van der Waals surface area contributed by atoms with Gasteiger partial charge >= 0.3 is 5.97 Å². The zero-order chi connectivity index (χ0) is 14.9. The van der Waals surface area contributed by atoms with E-state index in [1.54, 1.807) is 0 Å². The maximum Gasteiger partial charge on any atom is 0.310 e. The minimum absolute atomic E-state index is 0.0535. The summed E-state index contributed by atoms with van der Waals surface area (Å²) < 4.78 is 26.7. The van der Waals surface area contributed by atoms with Crippen LogP contribution in [-0.2, 0) is 14.8 Å². The Bertz CT molecular complexity index is 652. The molecule has 0 saturated heterocycles. The number of hydrogen-bond acceptors (Lipinski definition) is 3. The molecule has 1 aliphatic carbocycles. The van der Waals surface area contributed by atoms with Crippen molar-refractivity contribution in [3.05, 3.63) is 40.4 Å². The second kappa shape index (κ2) is 5.73. The molecule has 2 rings (SSSR count). The van der Waals surface area contributed by atoms with Gasteiger partial charge in [0.25, 0.3) is 0 Å². The van der Waals surface area contributed by atoms with Gasteiger partial charge in [0.15, 0.2) is 0 Å². The molecule has 2 unspecified atom stereocenters. The fourth-order valence-electron chi connectivity index (χ4n) is 1.92. The Morgan fingerprint density at radius 1 is 1.20 bits per heavy atom. The number of carboxylic acid groups (broad SMARTS) is 1. The van der Waals surface area contributed by atoms with E-state index in [9.17, 15) is 13.2 Å². The van der Waals surface area contributed by atoms with Gasteiger partial charge in [-0.2, -0.15) is 0 Å². The van der Waals surface area contributed by atoms with Gasteiger partial charge in [0.05, 0.1) is 10.8 Å². The summed E-state index contributed by atoms with van der Waals surface area (Å²) in [4.78, 5) is 10.8. The highest BCUT2D eigenvalue weighted by Gasteiger charge is 2.28. The molecule has 0 fully saturated rings. The van der Waals surface area contributed by atoms with Gasteiger partial charge in [-0.05, 0) is 24.6 Å². The van der Waals surface area contributed by atoms with Gasteiger partial charge in [-0.15, -0.1) is 0 Å². The summed E-state index contributed by atoms with van der Waals surface area (Å²) in [7, 11) is -3.80. The summed E-state index contributed by atoms with van der Waals surface area (Å²) >= 11 is 11.5. The van der Waals surface area contributed by atoms with E-state index in [-0.39, 0.29) is 21.4 Å². The second-order valence-corrected chi connectivity index (χ2v) is 6.99. The van der Waals surface area contributed by atoms with Gasteiger partial charge < -0.3 is 5.11 Å². The molecule has 0 aromatic heterocycles. The minimum atomic E-state index is -3.80. The van der Waals surface area contributed by atoms with E-state index >= 15 is 0 Å². The maximum atomic E-state index is 12.2. The van der Waals surface area contributed by atoms with Crippen molar-refractivity contribution in [1.29, 1.82) is 0 Å². The van der Waals surface area contributed by atoms with Gasteiger partial charge in [-0.25, -0.2) is 13.1 Å². The van der Waals surface area contributed by atoms with E-state index in [0.717, 1.165) is 0 Å². The number of hydrogen-bond donors (Lipinski definition) is 2. The molecule has 0 bridgehead atoms. The number of rotatable bonds is 4. The average molecular weight is 336 g/mol. The van der Waals surface area contributed by atoms with Crippen LogP contribution in [0.4, 0.5) is 0 Å². The van der Waals surface area contributed by atoms with E-state index in [1.807, 2.05) is 0 Å². The molecule has 2 N–H and O–H groups in total. The van der Waals surface area contributed by atoms with Crippen molar-refractivity contribution < 1.29 is 18.3 Å². The molecule has 1 aromatic rings. The van der Waals surface area contributed by atoms with Crippen LogP contribution in [0.3, 0.4) is 0 Å². The van der Waals surface area contributed by atoms with Crippen molar-refractivity contribution in [3.8, 4) is 0 Å². The predicted octanol–water partition coefficient (Wildman–Crippen LogP) is 2.30. The first-order valence-corrected chi connectivity index (χ1v) is 7.91. The fourth-order valence-corrected chi connectivity index (χ4v) is 3.85. The van der Waals surface area contributed by atoms with Crippen molar-refractivity contribution in [3.63, 3.8) is 0 Å². The Kier molecular flexibility index (Phi) is 4.39. The van der Waals surface area contributed by atoms with Crippen molar-refractivity contribution >= 4 is 39.2 Å². The Hall–Kier alpha value is -1.08. The number of nitrogens with one attached hydrogen (secondary N) is 1. The lowest BCUT2D eigenvalue weighted by Gasteiger charge is -2.13. The topological polar surface area (TPSA) is 83.5 Å². The first-order valence-electron chi connectivity index (χ1n) is 5.67. The van der Waals surface area contributed by atoms with Gasteiger partial charge in [-0.1, -0.05) is 35.4 Å². The first-order chi connectivity index (χ1) is 9.28. The van der Waals surface area contributed by atoms with Crippen molar-refractivity contribution in [2.75, 3.05) is 0 Å². The Balaban J connectivity index is 2.16. The molecule has 1 aliphatic rings. The van der Waals surface area contributed by atoms with Crippen LogP contribution in [0.15, 0.2) is 35.2 Å². The smallest absolute Gasteiger partial charge is 0.310 e. The number of aliphatic carboxylic acids is 1. The van der Waals surface area contributed by atoms with Crippen molar-refractivity contribution in [2.45, 2.75) is 17.4 Å². The lowest BCUT2D eigenvalue weighted by atomic mass is 10.1. The third-order valence-corrected chi connectivity index (χ3v) is 4.76. The molecule has 1 aromatic carbocycles. The van der Waals surface area contributed by atoms with E-state index in [0.29, 0.717) is 0 Å². The predicted molar refractivity (Wildman–Crippen MR) is 75.5 cm³/mol. The van der Waals surface area contributed by atoms with Crippen LogP contribution in [0.5, 0.6) is 0 Å². The van der Waals surface area contributed by atoms with Gasteiger partial charge in [0.1, 0.15) is 0 Å². The second-order valence-electron chi connectivity index (χ2n) is 4.40. The van der Waals surface area contributed by atoms with Crippen LogP contribution in [-0.4, -0.2) is 25.5 Å². The van der Waals surface area contributed by atoms with Crippen LogP contribution >= 0.6 is 23.2 Å². The van der Waals surface area contributed by atoms with Crippen molar-refractivity contribution in [2.24, 2.45) is 5.92 Å². The van der Waals surface area contributed by atoms with Gasteiger partial charge in [0, 0.05) is 16.1 Å². The van der Waals surface area contributed by atoms with Crippen molar-refractivity contribution in [1.82, 2.24) is 4.72 Å². The quantitative estimate of drug-likeness (QED) is 0.827. The van der Waals surface area contributed by atoms with Gasteiger partial charge in [-0.3, -0.25) is 4.79 Å². The molecule has 0 aliphatic heterocycles. The number of benzene rings is 1. The van der Waals surface area contributed by atoms with Crippen LogP contribution in [0.25, 0.3) is 0 Å². The molecular formula is C12H11Cl2NO4S. The molecule has 0 spiro atoms. The van der Waals surface area contributed by atoms with E-state index < -0.39 is 28.0 Å². The Morgan fingerprint density at radius 3 is 2.30 bits per heavy atom. The molecular weight excluding hydrogens is 325 g/mol. The highest BCUT2D eigenvalue weighted by molar-refractivity contribution is 7.89. The first kappa shape index (κ1) is 15.3. The highest BCUT2D eigenvalue weighted by Crippen LogP contribution is 2.24. The largest absolute Gasteiger partial charge is 0.481 e. The highest BCUT2D eigenvalue weighted by atomic mass is 35.5. The van der Waals surface area contributed by atoms with E-state index in [2.05, 4.69) is 4.72 Å². The van der Waals surface area contributed by atoms with Crippen LogP contribution in [0.1, 0.15) is 6.42 Å². The molecule has 0 radical (unpaired) electrons. The third kappa shape index (κ3) is 3.52. The summed E-state index contributed by atoms with van der Waals surface area (Å²) in [6.07, 6.45) is 3.19. The molecule has 0 saturated carbocycles. The zero-order valence-corrected chi connectivity index (χ0v) is 12.4. The molecule has 108 valence electrons. The molecule has 0 heterocycles. The normalized spacial score (nSPS) is 22.1. The Morgan fingerprint density at radius 2 is 1.80 bits per heavy atom. The molecule has 0 amide bonds. The number of carbonyl (C=O) groups is 1. The molecule has 2 atom stereocenters. The summed E-state index contributed by atoms with van der Waals surface area (Å²) in [5.41, 5.74) is 0. The maximum absolute atomic E-state index is 12.2. The molecule has 8 heteroatoms. The number of sulfonamides is 1. The van der Waals surface area contributed by atoms with E-state index in [4.69, 9.17) is 28.3 Å². The SMILES string of the molecule is O=C(O)C1C=CC(NS(=O)(=O)c2cc(Cl)cc(Cl)c2)C1. The fraction of sp³-hybridized carbons (Fsp3) is 0.250. The third-order valence-electron chi connectivity index (χ3n) is 2.85. The van der Waals surface area contributed by atoms with Crippen LogP contribution in [0, 0.1) is 5.92 Å². The standard InChI is InChI=1S/C12H11Cl2NO4S/c13-8-4-9(14)6-11(5-8)20(18,19)15-10-2-1-7(3-10)12(16)17/h1-2,4-7,10,15H,3H2,(H,16,17). The molecule has 5 nitrogen and oxygen atoms in total. The minimum Gasteiger partial charge on any atom is -0.481 e. The number of halogens is 2.